The fourth-order valence-electron chi connectivity index (χ4n) is 2.81. The van der Waals surface area contributed by atoms with Crippen LogP contribution < -0.4 is 4.74 Å². The van der Waals surface area contributed by atoms with Gasteiger partial charge in [0.05, 0.1) is 11.0 Å². The first kappa shape index (κ1) is 16.8. The number of aromatic nitrogens is 2. The Balaban J connectivity index is 1.56. The van der Waals surface area contributed by atoms with Crippen LogP contribution in [0.3, 0.4) is 0 Å². The van der Waals surface area contributed by atoms with Crippen molar-refractivity contribution in [2.24, 2.45) is 0 Å². The van der Waals surface area contributed by atoms with E-state index in [1.807, 2.05) is 0 Å². The summed E-state index contributed by atoms with van der Waals surface area (Å²) in [7, 11) is 0. The fourth-order valence-corrected chi connectivity index (χ4v) is 3.01. The van der Waals surface area contributed by atoms with Gasteiger partial charge in [0.15, 0.2) is 0 Å². The zero-order valence-corrected chi connectivity index (χ0v) is 14.6. The second-order valence-corrected chi connectivity index (χ2v) is 6.69. The number of halogens is 1. The Kier molecular flexibility index (Phi) is 5.08. The molecule has 2 saturated heterocycles. The summed E-state index contributed by atoms with van der Waals surface area (Å²) in [6.07, 6.45) is 4.96. The topological polar surface area (TPSA) is 92.7 Å². The summed E-state index contributed by atoms with van der Waals surface area (Å²) >= 11 is 3.26. The van der Waals surface area contributed by atoms with Crippen LogP contribution in [0, 0.1) is 0 Å². The maximum Gasteiger partial charge on any atom is 0.316 e. The average molecular weight is 397 g/mol. The molecule has 2 aliphatic rings. The Morgan fingerprint density at radius 3 is 2.58 bits per heavy atom. The maximum atomic E-state index is 12.4. The van der Waals surface area contributed by atoms with Crippen molar-refractivity contribution in [1.82, 2.24) is 19.8 Å². The van der Waals surface area contributed by atoms with Crippen molar-refractivity contribution in [3.8, 4) is 6.01 Å². The maximum absolute atomic E-state index is 12.4. The van der Waals surface area contributed by atoms with E-state index in [9.17, 15) is 14.4 Å². The van der Waals surface area contributed by atoms with E-state index in [1.165, 1.54) is 0 Å². The van der Waals surface area contributed by atoms with Gasteiger partial charge in [-0.05, 0) is 28.8 Å². The lowest BCUT2D eigenvalue weighted by Crippen LogP contribution is -2.49. The highest BCUT2D eigenvalue weighted by molar-refractivity contribution is 9.10. The number of likely N-dealkylation sites (tertiary alicyclic amines) is 2. The molecule has 0 spiro atoms. The van der Waals surface area contributed by atoms with Crippen LogP contribution in [0.1, 0.15) is 25.7 Å². The summed E-state index contributed by atoms with van der Waals surface area (Å²) in [6, 6.07) is 0.266. The number of rotatable bonds is 4. The van der Waals surface area contributed by atoms with E-state index in [4.69, 9.17) is 4.74 Å². The molecule has 0 bridgehead atoms. The van der Waals surface area contributed by atoms with Gasteiger partial charge in [-0.2, -0.15) is 0 Å². The first-order chi connectivity index (χ1) is 11.5. The first-order valence-electron chi connectivity index (χ1n) is 7.78. The van der Waals surface area contributed by atoms with Gasteiger partial charge in [-0.25, -0.2) is 9.97 Å². The molecule has 1 aromatic rings. The molecule has 1 unspecified atom stereocenters. The molecule has 24 heavy (non-hydrogen) atoms. The van der Waals surface area contributed by atoms with Crippen molar-refractivity contribution in [2.75, 3.05) is 19.6 Å². The molecule has 1 atom stereocenters. The number of amides is 3. The number of carbonyl (C=O) groups excluding carboxylic acids is 3. The summed E-state index contributed by atoms with van der Waals surface area (Å²) in [5, 5.41) is 0. The van der Waals surface area contributed by atoms with Crippen molar-refractivity contribution in [3.63, 3.8) is 0 Å². The monoisotopic (exact) mass is 396 g/mol. The molecule has 128 valence electrons. The third kappa shape index (κ3) is 3.89. The zero-order valence-electron chi connectivity index (χ0n) is 13.0. The molecule has 3 heterocycles. The Morgan fingerprint density at radius 1 is 1.25 bits per heavy atom. The number of hydrogen-bond donors (Lipinski definition) is 0. The fraction of sp³-hybridized carbons (Fsp3) is 0.533. The Labute approximate surface area is 147 Å². The van der Waals surface area contributed by atoms with Crippen molar-refractivity contribution in [1.29, 1.82) is 0 Å². The molecule has 0 saturated carbocycles. The SMILES string of the molecule is O=C(CN1C(=O)CCC1=O)N1CCCC(Oc2ncc(Br)cn2)C1. The lowest BCUT2D eigenvalue weighted by Gasteiger charge is -2.33. The quantitative estimate of drug-likeness (QED) is 0.697. The molecule has 1 aromatic heterocycles. The molecule has 2 fully saturated rings. The standard InChI is InChI=1S/C15H17BrN4O4/c16-10-6-17-15(18-7-10)24-11-2-1-5-19(8-11)14(23)9-20-12(21)3-4-13(20)22/h6-7,11H,1-5,8-9H2. The molecule has 8 nitrogen and oxygen atoms in total. The van der Waals surface area contributed by atoms with Crippen LogP contribution in [0.5, 0.6) is 6.01 Å². The summed E-state index contributed by atoms with van der Waals surface area (Å²) in [5.74, 6) is -0.786. The normalized spacial score (nSPS) is 21.3. The number of hydrogen-bond acceptors (Lipinski definition) is 6. The van der Waals surface area contributed by atoms with Gasteiger partial charge in [-0.1, -0.05) is 0 Å². The van der Waals surface area contributed by atoms with Crippen LogP contribution in [-0.2, 0) is 14.4 Å². The van der Waals surface area contributed by atoms with E-state index in [-0.39, 0.29) is 49.2 Å². The zero-order chi connectivity index (χ0) is 17.1. The predicted molar refractivity (Wildman–Crippen MR) is 85.9 cm³/mol. The van der Waals surface area contributed by atoms with E-state index in [0.717, 1.165) is 22.2 Å². The molecule has 0 N–H and O–H groups in total. The molecular weight excluding hydrogens is 380 g/mol. The Bertz CT molecular complexity index is 635. The Hall–Kier alpha value is -2.03. The minimum atomic E-state index is -0.276. The molecule has 2 aliphatic heterocycles. The van der Waals surface area contributed by atoms with Crippen molar-refractivity contribution < 1.29 is 19.1 Å². The van der Waals surface area contributed by atoms with Crippen LogP contribution in [-0.4, -0.2) is 63.2 Å². The largest absolute Gasteiger partial charge is 0.458 e. The smallest absolute Gasteiger partial charge is 0.316 e. The average Bonchev–Trinajstić information content (AvgIpc) is 2.89. The van der Waals surface area contributed by atoms with Gasteiger partial charge in [0.1, 0.15) is 12.6 Å². The molecule has 0 radical (unpaired) electrons. The Morgan fingerprint density at radius 2 is 1.92 bits per heavy atom. The summed E-state index contributed by atoms with van der Waals surface area (Å²) in [4.78, 5) is 46.4. The number of piperidine rings is 1. The molecule has 3 rings (SSSR count). The summed E-state index contributed by atoms with van der Waals surface area (Å²) in [5.41, 5.74) is 0. The first-order valence-corrected chi connectivity index (χ1v) is 8.57. The molecule has 0 aliphatic carbocycles. The van der Waals surface area contributed by atoms with Gasteiger partial charge in [-0.3, -0.25) is 19.3 Å². The van der Waals surface area contributed by atoms with Gasteiger partial charge < -0.3 is 9.64 Å². The van der Waals surface area contributed by atoms with Gasteiger partial charge in [0, 0.05) is 31.8 Å². The molecule has 3 amide bonds. The van der Waals surface area contributed by atoms with E-state index < -0.39 is 0 Å². The van der Waals surface area contributed by atoms with Crippen LogP contribution in [0.2, 0.25) is 0 Å². The van der Waals surface area contributed by atoms with Crippen molar-refractivity contribution >= 4 is 33.7 Å². The number of ether oxygens (including phenoxy) is 1. The lowest BCUT2D eigenvalue weighted by molar-refractivity contribution is -0.146. The van der Waals surface area contributed by atoms with Gasteiger partial charge in [0.2, 0.25) is 17.7 Å². The highest BCUT2D eigenvalue weighted by Crippen LogP contribution is 2.18. The summed E-state index contributed by atoms with van der Waals surface area (Å²) in [6.45, 7) is 0.809. The second kappa shape index (κ2) is 7.25. The molecular formula is C15H17BrN4O4. The lowest BCUT2D eigenvalue weighted by atomic mass is 10.1. The second-order valence-electron chi connectivity index (χ2n) is 5.78. The van der Waals surface area contributed by atoms with Gasteiger partial charge in [0.25, 0.3) is 0 Å². The van der Waals surface area contributed by atoms with Gasteiger partial charge in [-0.15, -0.1) is 0 Å². The van der Waals surface area contributed by atoms with Crippen LogP contribution >= 0.6 is 15.9 Å². The van der Waals surface area contributed by atoms with Gasteiger partial charge >= 0.3 is 6.01 Å². The highest BCUT2D eigenvalue weighted by atomic mass is 79.9. The molecule has 9 heteroatoms. The van der Waals surface area contributed by atoms with Crippen LogP contribution in [0.25, 0.3) is 0 Å². The number of carbonyl (C=O) groups is 3. The predicted octanol–water partition coefficient (Wildman–Crippen LogP) is 0.758. The van der Waals surface area contributed by atoms with Crippen molar-refractivity contribution in [3.05, 3.63) is 16.9 Å². The van der Waals surface area contributed by atoms with Crippen LogP contribution in [0.4, 0.5) is 0 Å². The third-order valence-corrected chi connectivity index (χ3v) is 4.46. The minimum absolute atomic E-state index is 0.181. The number of nitrogens with zero attached hydrogens (tertiary/aromatic N) is 4. The van der Waals surface area contributed by atoms with E-state index in [0.29, 0.717) is 13.1 Å². The number of imide groups is 1. The van der Waals surface area contributed by atoms with Crippen molar-refractivity contribution in [2.45, 2.75) is 31.8 Å². The van der Waals surface area contributed by atoms with Crippen LogP contribution in [0.15, 0.2) is 16.9 Å². The summed E-state index contributed by atoms with van der Waals surface area (Å²) < 4.78 is 6.48. The van der Waals surface area contributed by atoms with E-state index in [1.54, 1.807) is 17.3 Å². The van der Waals surface area contributed by atoms with E-state index >= 15 is 0 Å². The third-order valence-electron chi connectivity index (χ3n) is 4.05. The molecule has 0 aromatic carbocycles. The van der Waals surface area contributed by atoms with E-state index in [2.05, 4.69) is 25.9 Å². The minimum Gasteiger partial charge on any atom is -0.458 e. The highest BCUT2D eigenvalue weighted by Gasteiger charge is 2.33.